The lowest BCUT2D eigenvalue weighted by Gasteiger charge is -2.32. The maximum absolute atomic E-state index is 9.50. The second-order valence-electron chi connectivity index (χ2n) is 3.31. The highest BCUT2D eigenvalue weighted by atomic mass is 16.3. The van der Waals surface area contributed by atoms with Crippen LogP contribution < -0.4 is 5.32 Å². The molecule has 2 nitrogen and oxygen atoms in total. The molecule has 1 rings (SSSR count). The zero-order chi connectivity index (χ0) is 6.91. The molecule has 54 valence electrons. The fourth-order valence-electron chi connectivity index (χ4n) is 1.42. The molecule has 0 bridgehead atoms. The Morgan fingerprint density at radius 3 is 2.67 bits per heavy atom. The lowest BCUT2D eigenvalue weighted by molar-refractivity contribution is 0.0162. The first kappa shape index (κ1) is 7.03. The zero-order valence-corrected chi connectivity index (χ0v) is 6.15. The second-order valence-corrected chi connectivity index (χ2v) is 3.31. The molecule has 0 aromatic carbocycles. The summed E-state index contributed by atoms with van der Waals surface area (Å²) in [7, 11) is 0. The molecule has 1 saturated heterocycles. The maximum Gasteiger partial charge on any atom is 0.0646 e. The third-order valence-corrected chi connectivity index (χ3v) is 1.90. The summed E-state index contributed by atoms with van der Waals surface area (Å²) in [6.45, 7) is 4.96. The Morgan fingerprint density at radius 2 is 2.33 bits per heavy atom. The van der Waals surface area contributed by atoms with E-state index in [4.69, 9.17) is 0 Å². The molecule has 0 radical (unpaired) electrons. The van der Waals surface area contributed by atoms with Crippen LogP contribution in [-0.2, 0) is 0 Å². The van der Waals surface area contributed by atoms with E-state index in [-0.39, 0.29) is 0 Å². The van der Waals surface area contributed by atoms with Gasteiger partial charge in [-0.1, -0.05) is 0 Å². The topological polar surface area (TPSA) is 32.3 Å². The highest BCUT2D eigenvalue weighted by Gasteiger charge is 2.26. The fraction of sp³-hybridized carbons (Fsp3) is 1.00. The van der Waals surface area contributed by atoms with Gasteiger partial charge in [-0.2, -0.15) is 0 Å². The van der Waals surface area contributed by atoms with E-state index in [0.717, 1.165) is 19.4 Å². The molecule has 1 aliphatic rings. The van der Waals surface area contributed by atoms with Crippen molar-refractivity contribution in [1.29, 1.82) is 0 Å². The molecule has 1 fully saturated rings. The predicted molar refractivity (Wildman–Crippen MR) is 37.3 cm³/mol. The van der Waals surface area contributed by atoms with E-state index >= 15 is 0 Å². The molecular weight excluding hydrogens is 114 g/mol. The predicted octanol–water partition coefficient (Wildman–Crippen LogP) is 0.509. The molecule has 0 aromatic rings. The Hall–Kier alpha value is -0.0800. The zero-order valence-electron chi connectivity index (χ0n) is 6.15. The van der Waals surface area contributed by atoms with Gasteiger partial charge in [-0.05, 0) is 33.2 Å². The SMILES string of the molecule is C[C@@H]1CC(C)(O)CCN1. The first-order valence-corrected chi connectivity index (χ1v) is 3.56. The van der Waals surface area contributed by atoms with Crippen LogP contribution in [0.25, 0.3) is 0 Å². The van der Waals surface area contributed by atoms with Crippen molar-refractivity contribution < 1.29 is 5.11 Å². The van der Waals surface area contributed by atoms with Gasteiger partial charge in [0.2, 0.25) is 0 Å². The third-order valence-electron chi connectivity index (χ3n) is 1.90. The van der Waals surface area contributed by atoms with Gasteiger partial charge >= 0.3 is 0 Å². The monoisotopic (exact) mass is 129 g/mol. The second kappa shape index (κ2) is 2.27. The minimum atomic E-state index is -0.412. The van der Waals surface area contributed by atoms with Gasteiger partial charge in [0.05, 0.1) is 5.60 Å². The molecule has 9 heavy (non-hydrogen) atoms. The highest BCUT2D eigenvalue weighted by Crippen LogP contribution is 2.19. The lowest BCUT2D eigenvalue weighted by Crippen LogP contribution is -2.44. The Labute approximate surface area is 56.3 Å². The smallest absolute Gasteiger partial charge is 0.0646 e. The molecule has 1 unspecified atom stereocenters. The van der Waals surface area contributed by atoms with Gasteiger partial charge in [-0.15, -0.1) is 0 Å². The lowest BCUT2D eigenvalue weighted by atomic mass is 9.91. The fourth-order valence-corrected chi connectivity index (χ4v) is 1.42. The number of aliphatic hydroxyl groups is 1. The van der Waals surface area contributed by atoms with Crippen LogP contribution >= 0.6 is 0 Å². The van der Waals surface area contributed by atoms with Gasteiger partial charge in [0.1, 0.15) is 0 Å². The van der Waals surface area contributed by atoms with Crippen molar-refractivity contribution in [2.75, 3.05) is 6.54 Å². The summed E-state index contributed by atoms with van der Waals surface area (Å²) in [4.78, 5) is 0. The minimum absolute atomic E-state index is 0.412. The number of rotatable bonds is 0. The molecule has 2 heteroatoms. The Bertz CT molecular complexity index is 101. The number of hydrogen-bond donors (Lipinski definition) is 2. The molecular formula is C7H15NO. The largest absolute Gasteiger partial charge is 0.390 e. The Balaban J connectivity index is 2.41. The van der Waals surface area contributed by atoms with Crippen LogP contribution in [0.3, 0.4) is 0 Å². The molecule has 0 aromatic heterocycles. The summed E-state index contributed by atoms with van der Waals surface area (Å²) >= 11 is 0. The van der Waals surface area contributed by atoms with E-state index in [1.165, 1.54) is 0 Å². The summed E-state index contributed by atoms with van der Waals surface area (Å²) < 4.78 is 0. The van der Waals surface area contributed by atoms with E-state index in [0.29, 0.717) is 6.04 Å². The van der Waals surface area contributed by atoms with Gasteiger partial charge < -0.3 is 10.4 Å². The van der Waals surface area contributed by atoms with Crippen LogP contribution in [0.15, 0.2) is 0 Å². The first-order valence-electron chi connectivity index (χ1n) is 3.56. The summed E-state index contributed by atoms with van der Waals surface area (Å²) in [6.07, 6.45) is 1.77. The van der Waals surface area contributed by atoms with Crippen molar-refractivity contribution in [3.63, 3.8) is 0 Å². The average Bonchev–Trinajstić information content (AvgIpc) is 1.60. The van der Waals surface area contributed by atoms with E-state index in [9.17, 15) is 5.11 Å². The van der Waals surface area contributed by atoms with Crippen LogP contribution in [0.2, 0.25) is 0 Å². The molecule has 2 atom stereocenters. The Morgan fingerprint density at radius 1 is 1.67 bits per heavy atom. The Kier molecular flexibility index (Phi) is 1.78. The van der Waals surface area contributed by atoms with Crippen molar-refractivity contribution in [2.24, 2.45) is 0 Å². The van der Waals surface area contributed by atoms with Crippen LogP contribution in [0.5, 0.6) is 0 Å². The third kappa shape index (κ3) is 1.95. The van der Waals surface area contributed by atoms with Crippen LogP contribution in [0.4, 0.5) is 0 Å². The summed E-state index contributed by atoms with van der Waals surface area (Å²) in [5.74, 6) is 0. The van der Waals surface area contributed by atoms with Gasteiger partial charge in [-0.3, -0.25) is 0 Å². The van der Waals surface area contributed by atoms with E-state index < -0.39 is 5.60 Å². The molecule has 0 amide bonds. The number of piperidine rings is 1. The summed E-state index contributed by atoms with van der Waals surface area (Å²) in [6, 6.07) is 0.480. The van der Waals surface area contributed by atoms with E-state index in [2.05, 4.69) is 12.2 Å². The molecule has 1 aliphatic heterocycles. The molecule has 0 saturated carbocycles. The van der Waals surface area contributed by atoms with Crippen LogP contribution in [0, 0.1) is 0 Å². The first-order chi connectivity index (χ1) is 4.10. The van der Waals surface area contributed by atoms with Crippen molar-refractivity contribution in [2.45, 2.75) is 38.3 Å². The highest BCUT2D eigenvalue weighted by molar-refractivity contribution is 4.83. The molecule has 2 N–H and O–H groups in total. The normalized spacial score (nSPS) is 45.0. The van der Waals surface area contributed by atoms with Gasteiger partial charge in [0.15, 0.2) is 0 Å². The summed E-state index contributed by atoms with van der Waals surface area (Å²) in [5.41, 5.74) is -0.412. The van der Waals surface area contributed by atoms with E-state index in [1.54, 1.807) is 0 Å². The molecule has 0 spiro atoms. The van der Waals surface area contributed by atoms with Gasteiger partial charge in [0, 0.05) is 6.04 Å². The average molecular weight is 129 g/mol. The van der Waals surface area contributed by atoms with Crippen molar-refractivity contribution in [1.82, 2.24) is 5.32 Å². The van der Waals surface area contributed by atoms with Crippen LogP contribution in [-0.4, -0.2) is 23.3 Å². The molecule has 1 heterocycles. The van der Waals surface area contributed by atoms with Crippen molar-refractivity contribution in [3.05, 3.63) is 0 Å². The summed E-state index contributed by atoms with van der Waals surface area (Å²) in [5, 5.41) is 12.8. The standard InChI is InChI=1S/C7H15NO/c1-6-5-7(2,9)3-4-8-6/h6,8-9H,3-5H2,1-2H3/t6-,7?/m1/s1. The molecule has 0 aliphatic carbocycles. The van der Waals surface area contributed by atoms with Gasteiger partial charge in [-0.25, -0.2) is 0 Å². The number of hydrogen-bond acceptors (Lipinski definition) is 2. The van der Waals surface area contributed by atoms with E-state index in [1.807, 2.05) is 6.92 Å². The maximum atomic E-state index is 9.50. The van der Waals surface area contributed by atoms with Crippen molar-refractivity contribution in [3.8, 4) is 0 Å². The minimum Gasteiger partial charge on any atom is -0.390 e. The van der Waals surface area contributed by atoms with Crippen LogP contribution in [0.1, 0.15) is 26.7 Å². The number of nitrogens with one attached hydrogen (secondary N) is 1. The van der Waals surface area contributed by atoms with Crippen molar-refractivity contribution >= 4 is 0 Å². The quantitative estimate of drug-likeness (QED) is 0.499. The van der Waals surface area contributed by atoms with Gasteiger partial charge in [0.25, 0.3) is 0 Å².